The summed E-state index contributed by atoms with van der Waals surface area (Å²) in [4.78, 5) is 17.0. The Labute approximate surface area is 202 Å². The molecule has 2 aliphatic rings. The van der Waals surface area contributed by atoms with Crippen LogP contribution in [0.3, 0.4) is 0 Å². The molecule has 2 aliphatic heterocycles. The molecule has 8 nitrogen and oxygen atoms in total. The molecule has 178 valence electrons. The highest BCUT2D eigenvalue weighted by Gasteiger charge is 2.19. The maximum atomic E-state index is 11.5. The monoisotopic (exact) mass is 481 g/mol. The Bertz CT molecular complexity index is 1160. The highest BCUT2D eigenvalue weighted by Crippen LogP contribution is 2.38. The number of ether oxygens (including phenoxy) is 4. The van der Waals surface area contributed by atoms with Crippen molar-refractivity contribution in [2.45, 2.75) is 38.5 Å². The molecule has 0 spiro atoms. The van der Waals surface area contributed by atoms with Crippen LogP contribution in [0.1, 0.15) is 45.6 Å². The van der Waals surface area contributed by atoms with Crippen LogP contribution in [-0.4, -0.2) is 37.0 Å². The molecule has 1 aromatic heterocycles. The van der Waals surface area contributed by atoms with Crippen LogP contribution in [0.5, 0.6) is 16.7 Å². The quantitative estimate of drug-likeness (QED) is 0.457. The predicted octanol–water partition coefficient (Wildman–Crippen LogP) is 4.47. The molecule has 0 bridgehead atoms. The number of carbonyl (C=O) groups excluding carboxylic acids is 1. The number of nitrogens with two attached hydrogens (primary N) is 1. The number of nitrogens with zero attached hydrogens (tertiary/aromatic N) is 1. The third kappa shape index (κ3) is 5.32. The van der Waals surface area contributed by atoms with E-state index >= 15 is 0 Å². The molecule has 1 unspecified atom stereocenters. The van der Waals surface area contributed by atoms with Crippen molar-refractivity contribution in [1.29, 1.82) is 0 Å². The summed E-state index contributed by atoms with van der Waals surface area (Å²) in [6, 6.07) is 11.2. The van der Waals surface area contributed by atoms with Crippen LogP contribution in [0.25, 0.3) is 0 Å². The van der Waals surface area contributed by atoms with Crippen LogP contribution < -0.4 is 20.5 Å². The molecule has 3 N–H and O–H groups in total. The largest absolute Gasteiger partial charge is 0.468 e. The number of aromatic nitrogens is 1. The van der Waals surface area contributed by atoms with E-state index in [1.165, 1.54) is 11.3 Å². The minimum atomic E-state index is -0.468. The summed E-state index contributed by atoms with van der Waals surface area (Å²) in [5.41, 5.74) is 8.81. The van der Waals surface area contributed by atoms with Crippen molar-refractivity contribution in [1.82, 2.24) is 4.98 Å². The summed E-state index contributed by atoms with van der Waals surface area (Å²) in [5.74, 6) is 0.984. The lowest BCUT2D eigenvalue weighted by atomic mass is 10.0. The molecular weight excluding hydrogens is 454 g/mol. The van der Waals surface area contributed by atoms with Gasteiger partial charge in [0.05, 0.1) is 12.3 Å². The molecule has 0 aliphatic carbocycles. The molecule has 3 heterocycles. The van der Waals surface area contributed by atoms with Gasteiger partial charge in [0.2, 0.25) is 5.91 Å². The topological polar surface area (TPSA) is 105 Å². The average molecular weight is 482 g/mol. The number of primary amides is 1. The van der Waals surface area contributed by atoms with Crippen molar-refractivity contribution < 1.29 is 23.7 Å². The minimum Gasteiger partial charge on any atom is -0.468 e. The van der Waals surface area contributed by atoms with Gasteiger partial charge in [-0.15, -0.1) is 0 Å². The molecule has 3 aromatic rings. The number of amides is 1. The van der Waals surface area contributed by atoms with Gasteiger partial charge in [-0.25, -0.2) is 4.98 Å². The number of benzene rings is 2. The Morgan fingerprint density at radius 2 is 2.15 bits per heavy atom. The van der Waals surface area contributed by atoms with Gasteiger partial charge >= 0.3 is 0 Å². The summed E-state index contributed by atoms with van der Waals surface area (Å²) in [7, 11) is 0. The lowest BCUT2D eigenvalue weighted by Crippen LogP contribution is -2.24. The normalized spacial score (nSPS) is 17.0. The fraction of sp³-hybridized carbons (Fsp3) is 0.360. The zero-order valence-electron chi connectivity index (χ0n) is 18.7. The van der Waals surface area contributed by atoms with E-state index in [0.717, 1.165) is 53.3 Å². The minimum absolute atomic E-state index is 0.109. The second-order valence-electron chi connectivity index (χ2n) is 8.21. The molecule has 1 saturated heterocycles. The smallest absolute Gasteiger partial charge is 0.273 e. The Balaban J connectivity index is 1.21. The third-order valence-electron chi connectivity index (χ3n) is 5.82. The number of hydrogen-bond donors (Lipinski definition) is 2. The molecule has 2 aromatic carbocycles. The first-order valence-corrected chi connectivity index (χ1v) is 12.2. The van der Waals surface area contributed by atoms with Gasteiger partial charge in [-0.3, -0.25) is 4.79 Å². The van der Waals surface area contributed by atoms with Gasteiger partial charge in [-0.1, -0.05) is 23.5 Å². The molecule has 5 rings (SSSR count). The average Bonchev–Trinajstić information content (AvgIpc) is 3.20. The number of nitrogens with one attached hydrogen (secondary N) is 1. The van der Waals surface area contributed by atoms with Crippen molar-refractivity contribution in [2.75, 3.05) is 25.1 Å². The van der Waals surface area contributed by atoms with Crippen LogP contribution in [0.4, 0.5) is 5.69 Å². The first-order valence-electron chi connectivity index (χ1n) is 11.4. The molecule has 34 heavy (non-hydrogen) atoms. The van der Waals surface area contributed by atoms with E-state index in [1.54, 1.807) is 18.2 Å². The number of fused-ring (bicyclic) bond motifs is 2. The van der Waals surface area contributed by atoms with E-state index in [1.807, 2.05) is 18.3 Å². The van der Waals surface area contributed by atoms with Gasteiger partial charge in [0.15, 0.2) is 12.0 Å². The SMILES string of the molecule is NC(=O)c1ccc2c(c1)NCc1c(Cc3cnc(OCCOC4CCCCO4)s3)cccc1O2. The molecule has 1 fully saturated rings. The van der Waals surface area contributed by atoms with Gasteiger partial charge in [0.1, 0.15) is 12.4 Å². The lowest BCUT2D eigenvalue weighted by molar-refractivity contribution is -0.165. The number of thiazole rings is 1. The molecule has 9 heteroatoms. The zero-order valence-corrected chi connectivity index (χ0v) is 19.6. The van der Waals surface area contributed by atoms with E-state index in [9.17, 15) is 4.79 Å². The van der Waals surface area contributed by atoms with Crippen molar-refractivity contribution in [3.05, 3.63) is 64.2 Å². The van der Waals surface area contributed by atoms with Crippen LogP contribution in [0.15, 0.2) is 42.6 Å². The summed E-state index contributed by atoms with van der Waals surface area (Å²) in [6.07, 6.45) is 5.65. The van der Waals surface area contributed by atoms with Crippen LogP contribution in [0.2, 0.25) is 0 Å². The Kier molecular flexibility index (Phi) is 6.94. The molecule has 0 saturated carbocycles. The van der Waals surface area contributed by atoms with Gasteiger partial charge in [0, 0.05) is 41.8 Å². The van der Waals surface area contributed by atoms with Gasteiger partial charge < -0.3 is 30.0 Å². The van der Waals surface area contributed by atoms with Crippen LogP contribution in [0, 0.1) is 0 Å². The Morgan fingerprint density at radius 1 is 1.21 bits per heavy atom. The van der Waals surface area contributed by atoms with Crippen molar-refractivity contribution in [3.8, 4) is 16.7 Å². The highest BCUT2D eigenvalue weighted by atomic mass is 32.1. The highest BCUT2D eigenvalue weighted by molar-refractivity contribution is 7.13. The zero-order chi connectivity index (χ0) is 23.3. The fourth-order valence-electron chi connectivity index (χ4n) is 4.06. The molecule has 1 atom stereocenters. The van der Waals surface area contributed by atoms with Gasteiger partial charge in [-0.2, -0.15) is 0 Å². The van der Waals surface area contributed by atoms with Gasteiger partial charge in [-0.05, 0) is 49.1 Å². The summed E-state index contributed by atoms with van der Waals surface area (Å²) >= 11 is 1.53. The Morgan fingerprint density at radius 3 is 3.00 bits per heavy atom. The fourth-order valence-corrected chi connectivity index (χ4v) is 4.87. The van der Waals surface area contributed by atoms with Crippen molar-refractivity contribution in [3.63, 3.8) is 0 Å². The van der Waals surface area contributed by atoms with Crippen molar-refractivity contribution in [2.24, 2.45) is 5.73 Å². The summed E-state index contributed by atoms with van der Waals surface area (Å²) < 4.78 is 23.2. The summed E-state index contributed by atoms with van der Waals surface area (Å²) in [6.45, 7) is 2.26. The number of anilines is 1. The second-order valence-corrected chi connectivity index (χ2v) is 9.29. The van der Waals surface area contributed by atoms with E-state index in [0.29, 0.717) is 42.7 Å². The third-order valence-corrected chi connectivity index (χ3v) is 6.73. The van der Waals surface area contributed by atoms with Crippen molar-refractivity contribution >= 4 is 22.9 Å². The number of rotatable bonds is 8. The predicted molar refractivity (Wildman–Crippen MR) is 129 cm³/mol. The van der Waals surface area contributed by atoms with E-state index < -0.39 is 5.91 Å². The van der Waals surface area contributed by atoms with Gasteiger partial charge in [0.25, 0.3) is 5.19 Å². The maximum Gasteiger partial charge on any atom is 0.273 e. The van der Waals surface area contributed by atoms with E-state index in [4.69, 9.17) is 24.7 Å². The number of hydrogen-bond acceptors (Lipinski definition) is 8. The molecule has 1 amide bonds. The van der Waals surface area contributed by atoms with Crippen LogP contribution >= 0.6 is 11.3 Å². The molecule has 0 radical (unpaired) electrons. The standard InChI is InChI=1S/C25H27N3O5S/c26-24(29)17-7-8-22-20(13-17)27-15-19-16(4-3-5-21(19)33-22)12-18-14-28-25(34-18)32-11-10-31-23-6-1-2-9-30-23/h3-5,7-8,13-14,23,27H,1-2,6,9-12,15H2,(H2,26,29). The number of carbonyl (C=O) groups is 1. The first kappa shape index (κ1) is 22.6. The summed E-state index contributed by atoms with van der Waals surface area (Å²) in [5, 5.41) is 4.01. The second kappa shape index (κ2) is 10.4. The van der Waals surface area contributed by atoms with Crippen LogP contribution in [-0.2, 0) is 22.4 Å². The Hall–Kier alpha value is -3.14. The first-order chi connectivity index (χ1) is 16.7. The van der Waals surface area contributed by atoms with E-state index in [2.05, 4.69) is 16.4 Å². The van der Waals surface area contributed by atoms with E-state index in [-0.39, 0.29) is 6.29 Å². The lowest BCUT2D eigenvalue weighted by Gasteiger charge is -2.22. The maximum absolute atomic E-state index is 11.5. The molecular formula is C25H27N3O5S.